The molecule has 0 unspecified atom stereocenters. The summed E-state index contributed by atoms with van der Waals surface area (Å²) in [6, 6.07) is 3.70. The lowest BCUT2D eigenvalue weighted by Crippen LogP contribution is -2.46. The molecule has 5 heteroatoms. The minimum Gasteiger partial charge on any atom is -0.472 e. The molecule has 110 valence electrons. The van der Waals surface area contributed by atoms with Gasteiger partial charge in [0, 0.05) is 30.4 Å². The van der Waals surface area contributed by atoms with E-state index < -0.39 is 0 Å². The van der Waals surface area contributed by atoms with Crippen LogP contribution in [0, 0.1) is 0 Å². The van der Waals surface area contributed by atoms with Crippen molar-refractivity contribution >= 4 is 12.1 Å². The molecule has 2 aromatic rings. The van der Waals surface area contributed by atoms with Gasteiger partial charge in [-0.05, 0) is 26.0 Å². The Labute approximate surface area is 123 Å². The molecule has 5 nitrogen and oxygen atoms in total. The van der Waals surface area contributed by atoms with Crippen molar-refractivity contribution in [2.24, 2.45) is 0 Å². The number of nitrogens with zero attached hydrogens (tertiary/aromatic N) is 2. The first-order valence-corrected chi connectivity index (χ1v) is 7.05. The van der Waals surface area contributed by atoms with Crippen LogP contribution >= 0.6 is 0 Å². The molecule has 2 aromatic heterocycles. The molecule has 0 saturated carbocycles. The molecular formula is C16H18N2O3. The van der Waals surface area contributed by atoms with E-state index in [2.05, 4.69) is 9.88 Å². The van der Waals surface area contributed by atoms with Crippen molar-refractivity contribution < 1.29 is 13.9 Å². The molecule has 21 heavy (non-hydrogen) atoms. The number of aromatic nitrogens is 1. The maximum Gasteiger partial charge on any atom is 0.153 e. The van der Waals surface area contributed by atoms with E-state index in [0.29, 0.717) is 5.56 Å². The predicted octanol–water partition coefficient (Wildman–Crippen LogP) is 2.77. The van der Waals surface area contributed by atoms with E-state index in [1.165, 1.54) is 0 Å². The van der Waals surface area contributed by atoms with Gasteiger partial charge in [0.1, 0.15) is 5.82 Å². The maximum absolute atomic E-state index is 11.4. The molecule has 0 amide bonds. The smallest absolute Gasteiger partial charge is 0.153 e. The van der Waals surface area contributed by atoms with Crippen molar-refractivity contribution in [2.75, 3.05) is 18.0 Å². The van der Waals surface area contributed by atoms with Crippen molar-refractivity contribution in [1.29, 1.82) is 0 Å². The first-order valence-electron chi connectivity index (χ1n) is 7.05. The minimum atomic E-state index is 0.128. The highest BCUT2D eigenvalue weighted by Gasteiger charge is 2.25. The number of morpholine rings is 1. The summed E-state index contributed by atoms with van der Waals surface area (Å²) in [4.78, 5) is 18.0. The molecule has 3 heterocycles. The van der Waals surface area contributed by atoms with Crippen LogP contribution in [0.2, 0.25) is 0 Å². The minimum absolute atomic E-state index is 0.128. The number of aldehydes is 1. The highest BCUT2D eigenvalue weighted by atomic mass is 16.5. The molecule has 3 rings (SSSR count). The predicted molar refractivity (Wildman–Crippen MR) is 79.5 cm³/mol. The molecule has 0 N–H and O–H groups in total. The van der Waals surface area contributed by atoms with Gasteiger partial charge >= 0.3 is 0 Å². The number of carbonyl (C=O) groups is 1. The lowest BCUT2D eigenvalue weighted by molar-refractivity contribution is -0.00549. The second-order valence-electron chi connectivity index (χ2n) is 5.43. The van der Waals surface area contributed by atoms with Gasteiger partial charge in [0.05, 0.1) is 30.3 Å². The van der Waals surface area contributed by atoms with E-state index >= 15 is 0 Å². The summed E-state index contributed by atoms with van der Waals surface area (Å²) in [6.07, 6.45) is 6.14. The van der Waals surface area contributed by atoms with Crippen LogP contribution in [0.4, 0.5) is 5.82 Å². The molecule has 0 bridgehead atoms. The highest BCUT2D eigenvalue weighted by Crippen LogP contribution is 2.26. The quantitative estimate of drug-likeness (QED) is 0.812. The monoisotopic (exact) mass is 286 g/mol. The Balaban J connectivity index is 1.94. The fourth-order valence-electron chi connectivity index (χ4n) is 2.76. The molecule has 1 saturated heterocycles. The van der Waals surface area contributed by atoms with Crippen LogP contribution in [0.1, 0.15) is 24.2 Å². The van der Waals surface area contributed by atoms with E-state index in [1.807, 2.05) is 26.0 Å². The van der Waals surface area contributed by atoms with Crippen molar-refractivity contribution in [2.45, 2.75) is 26.1 Å². The summed E-state index contributed by atoms with van der Waals surface area (Å²) in [5.41, 5.74) is 2.39. The second kappa shape index (κ2) is 5.69. The third-order valence-electron chi connectivity index (χ3n) is 3.60. The third-order valence-corrected chi connectivity index (χ3v) is 3.60. The summed E-state index contributed by atoms with van der Waals surface area (Å²) in [6.45, 7) is 5.54. The Morgan fingerprint density at radius 1 is 1.29 bits per heavy atom. The van der Waals surface area contributed by atoms with E-state index in [9.17, 15) is 4.79 Å². The van der Waals surface area contributed by atoms with Crippen molar-refractivity contribution in [3.05, 3.63) is 36.4 Å². The molecule has 0 spiro atoms. The molecule has 0 aliphatic carbocycles. The number of hydrogen-bond acceptors (Lipinski definition) is 5. The number of furan rings is 1. The van der Waals surface area contributed by atoms with Crippen LogP contribution in [0.25, 0.3) is 11.1 Å². The summed E-state index contributed by atoms with van der Waals surface area (Å²) < 4.78 is 10.8. The number of carbonyl (C=O) groups excluding carboxylic acids is 1. The number of hydrogen-bond donors (Lipinski definition) is 0. The van der Waals surface area contributed by atoms with Crippen molar-refractivity contribution in [3.63, 3.8) is 0 Å². The van der Waals surface area contributed by atoms with E-state index in [0.717, 1.165) is 36.3 Å². The van der Waals surface area contributed by atoms with E-state index in [1.54, 1.807) is 18.7 Å². The Kier molecular flexibility index (Phi) is 3.75. The summed E-state index contributed by atoms with van der Waals surface area (Å²) in [5, 5.41) is 0. The number of ether oxygens (including phenoxy) is 1. The van der Waals surface area contributed by atoms with Gasteiger partial charge < -0.3 is 14.1 Å². The first kappa shape index (κ1) is 13.8. The van der Waals surface area contributed by atoms with Crippen molar-refractivity contribution in [1.82, 2.24) is 4.98 Å². The zero-order chi connectivity index (χ0) is 14.8. The first-order chi connectivity index (χ1) is 10.2. The van der Waals surface area contributed by atoms with E-state index in [-0.39, 0.29) is 12.2 Å². The molecule has 2 atom stereocenters. The molecular weight excluding hydrogens is 268 g/mol. The Morgan fingerprint density at radius 2 is 2.05 bits per heavy atom. The summed E-state index contributed by atoms with van der Waals surface area (Å²) in [7, 11) is 0. The molecule has 1 aliphatic rings. The lowest BCUT2D eigenvalue weighted by Gasteiger charge is -2.36. The molecule has 0 aromatic carbocycles. The van der Waals surface area contributed by atoms with Gasteiger partial charge in [0.2, 0.25) is 0 Å². The molecule has 0 radical (unpaired) electrons. The van der Waals surface area contributed by atoms with E-state index in [4.69, 9.17) is 9.15 Å². The van der Waals surface area contributed by atoms with Gasteiger partial charge in [-0.1, -0.05) is 0 Å². The molecule has 1 fully saturated rings. The topological polar surface area (TPSA) is 55.6 Å². The lowest BCUT2D eigenvalue weighted by atomic mass is 10.1. The Bertz CT molecular complexity index is 614. The zero-order valence-corrected chi connectivity index (χ0v) is 12.2. The zero-order valence-electron chi connectivity index (χ0n) is 12.2. The van der Waals surface area contributed by atoms with Crippen LogP contribution in [-0.2, 0) is 4.74 Å². The average Bonchev–Trinajstić information content (AvgIpc) is 2.99. The fourth-order valence-corrected chi connectivity index (χ4v) is 2.76. The van der Waals surface area contributed by atoms with Gasteiger partial charge in [-0.15, -0.1) is 0 Å². The number of anilines is 1. The van der Waals surface area contributed by atoms with Crippen LogP contribution < -0.4 is 4.90 Å². The normalized spacial score (nSPS) is 22.3. The van der Waals surface area contributed by atoms with Gasteiger partial charge in [-0.2, -0.15) is 0 Å². The SMILES string of the molecule is C[C@@H]1CN(c2ncc(-c3ccoc3)cc2C=O)C[C@H](C)O1. The Morgan fingerprint density at radius 3 is 2.67 bits per heavy atom. The number of pyridine rings is 1. The van der Waals surface area contributed by atoms with Gasteiger partial charge in [0.25, 0.3) is 0 Å². The van der Waals surface area contributed by atoms with Crippen LogP contribution in [0.3, 0.4) is 0 Å². The van der Waals surface area contributed by atoms with Crippen LogP contribution in [0.15, 0.2) is 35.3 Å². The molecule has 1 aliphatic heterocycles. The van der Waals surface area contributed by atoms with Crippen LogP contribution in [0.5, 0.6) is 0 Å². The van der Waals surface area contributed by atoms with Crippen LogP contribution in [-0.4, -0.2) is 36.6 Å². The standard InChI is InChI=1S/C16H18N2O3/c1-11-7-18(8-12(2)21-11)16-15(9-19)5-14(6-17-16)13-3-4-20-10-13/h3-6,9-12H,7-8H2,1-2H3/t11-,12+. The van der Waals surface area contributed by atoms with Crippen molar-refractivity contribution in [3.8, 4) is 11.1 Å². The number of rotatable bonds is 3. The van der Waals surface area contributed by atoms with Gasteiger partial charge in [0.15, 0.2) is 6.29 Å². The second-order valence-corrected chi connectivity index (χ2v) is 5.43. The summed E-state index contributed by atoms with van der Waals surface area (Å²) in [5.74, 6) is 0.722. The largest absolute Gasteiger partial charge is 0.472 e. The van der Waals surface area contributed by atoms with Gasteiger partial charge in [-0.25, -0.2) is 4.98 Å². The summed E-state index contributed by atoms with van der Waals surface area (Å²) >= 11 is 0. The highest BCUT2D eigenvalue weighted by molar-refractivity contribution is 5.85. The Hall–Kier alpha value is -2.14. The average molecular weight is 286 g/mol. The van der Waals surface area contributed by atoms with Gasteiger partial charge in [-0.3, -0.25) is 4.79 Å². The third kappa shape index (κ3) is 2.83. The fraction of sp³-hybridized carbons (Fsp3) is 0.375. The maximum atomic E-state index is 11.4.